The van der Waals surface area contributed by atoms with E-state index in [0.717, 1.165) is 24.3 Å². The lowest BCUT2D eigenvalue weighted by Gasteiger charge is -2.27. The lowest BCUT2D eigenvalue weighted by atomic mass is 9.85. The summed E-state index contributed by atoms with van der Waals surface area (Å²) in [6.45, 7) is 0. The van der Waals surface area contributed by atoms with Crippen LogP contribution in [0.5, 0.6) is 5.75 Å². The lowest BCUT2D eigenvalue weighted by molar-refractivity contribution is -0.384. The number of rotatable bonds is 9. The highest BCUT2D eigenvalue weighted by Crippen LogP contribution is 2.30. The Bertz CT molecular complexity index is 1520. The van der Waals surface area contributed by atoms with Crippen molar-refractivity contribution in [3.8, 4) is 5.75 Å². The number of aliphatic hydroxyl groups is 1. The molecule has 0 heterocycles. The second-order valence-electron chi connectivity index (χ2n) is 8.00. The van der Waals surface area contributed by atoms with Gasteiger partial charge in [0.15, 0.2) is 5.60 Å². The molecule has 2 N–H and O–H groups in total. The van der Waals surface area contributed by atoms with E-state index in [9.17, 15) is 28.4 Å². The Morgan fingerprint density at radius 3 is 1.89 bits per heavy atom. The molecule has 0 atom stereocenters. The fourth-order valence-corrected chi connectivity index (χ4v) is 4.48. The van der Waals surface area contributed by atoms with Crippen LogP contribution in [0.4, 0.5) is 5.69 Å². The van der Waals surface area contributed by atoms with Crippen molar-refractivity contribution in [3.63, 3.8) is 0 Å². The Morgan fingerprint density at radius 1 is 0.868 bits per heavy atom. The Kier molecular flexibility index (Phi) is 7.61. The third-order valence-corrected chi connectivity index (χ3v) is 6.78. The van der Waals surface area contributed by atoms with E-state index in [4.69, 9.17) is 4.18 Å². The molecule has 0 aromatic heterocycles. The molecule has 4 rings (SSSR count). The Morgan fingerprint density at radius 2 is 1.39 bits per heavy atom. The van der Waals surface area contributed by atoms with Crippen molar-refractivity contribution >= 4 is 27.9 Å². The van der Waals surface area contributed by atoms with Gasteiger partial charge in [0.1, 0.15) is 10.6 Å². The van der Waals surface area contributed by atoms with Crippen molar-refractivity contribution in [2.75, 3.05) is 0 Å². The van der Waals surface area contributed by atoms with E-state index < -0.39 is 26.5 Å². The number of benzene rings is 4. The molecule has 0 aliphatic carbocycles. The number of nitrogens with zero attached hydrogens (tertiary/aromatic N) is 2. The van der Waals surface area contributed by atoms with Gasteiger partial charge in [-0.3, -0.25) is 14.9 Å². The van der Waals surface area contributed by atoms with Crippen LogP contribution in [-0.2, 0) is 20.5 Å². The molecule has 0 aliphatic rings. The molecule has 192 valence electrons. The number of hydrazone groups is 1. The molecule has 4 aromatic rings. The average molecular weight is 532 g/mol. The van der Waals surface area contributed by atoms with Crippen molar-refractivity contribution in [3.05, 3.63) is 136 Å². The number of nitro benzene ring substituents is 1. The normalized spacial score (nSPS) is 11.7. The molecule has 0 saturated carbocycles. The summed E-state index contributed by atoms with van der Waals surface area (Å²) in [5.74, 6) is -0.757. The molecule has 0 spiro atoms. The maximum absolute atomic E-state index is 13.1. The molecular formula is C27H21N3O7S. The maximum Gasteiger partial charge on any atom is 0.339 e. The van der Waals surface area contributed by atoms with Crippen molar-refractivity contribution < 1.29 is 27.4 Å². The van der Waals surface area contributed by atoms with Gasteiger partial charge in [0.25, 0.3) is 11.6 Å². The number of amides is 1. The number of hydrogen-bond donors (Lipinski definition) is 2. The van der Waals surface area contributed by atoms with Gasteiger partial charge in [-0.05, 0) is 53.1 Å². The Balaban J connectivity index is 1.45. The van der Waals surface area contributed by atoms with E-state index in [2.05, 4.69) is 10.5 Å². The first kappa shape index (κ1) is 26.2. The van der Waals surface area contributed by atoms with Crippen molar-refractivity contribution in [2.24, 2.45) is 5.10 Å². The van der Waals surface area contributed by atoms with Crippen LogP contribution in [0, 0.1) is 10.1 Å². The molecule has 38 heavy (non-hydrogen) atoms. The predicted octanol–water partition coefficient (Wildman–Crippen LogP) is 3.75. The summed E-state index contributed by atoms with van der Waals surface area (Å²) in [7, 11) is -4.21. The first-order chi connectivity index (χ1) is 18.2. The minimum absolute atomic E-state index is 0.00655. The van der Waals surface area contributed by atoms with Gasteiger partial charge < -0.3 is 9.29 Å². The summed E-state index contributed by atoms with van der Waals surface area (Å²) in [6.07, 6.45) is 1.32. The minimum Gasteiger partial charge on any atom is -0.379 e. The molecule has 0 saturated heterocycles. The number of non-ortho nitro benzene ring substituents is 1. The summed E-state index contributed by atoms with van der Waals surface area (Å²) in [4.78, 5) is 22.9. The van der Waals surface area contributed by atoms with Gasteiger partial charge in [0.2, 0.25) is 0 Å². The fourth-order valence-electron chi connectivity index (χ4n) is 3.55. The third kappa shape index (κ3) is 5.75. The largest absolute Gasteiger partial charge is 0.379 e. The monoisotopic (exact) mass is 531 g/mol. The quantitative estimate of drug-likeness (QED) is 0.145. The van der Waals surface area contributed by atoms with Crippen LogP contribution in [0.3, 0.4) is 0 Å². The highest BCUT2D eigenvalue weighted by molar-refractivity contribution is 7.87. The number of hydrogen-bond acceptors (Lipinski definition) is 8. The zero-order chi connectivity index (χ0) is 27.2. The molecule has 1 amide bonds. The summed E-state index contributed by atoms with van der Waals surface area (Å²) in [5, 5.41) is 26.1. The van der Waals surface area contributed by atoms with Gasteiger partial charge in [-0.15, -0.1) is 0 Å². The van der Waals surface area contributed by atoms with E-state index in [1.807, 2.05) is 0 Å². The first-order valence-corrected chi connectivity index (χ1v) is 12.6. The van der Waals surface area contributed by atoms with Crippen LogP contribution in [0.2, 0.25) is 0 Å². The number of carbonyl (C=O) groups excluding carboxylic acids is 1. The van der Waals surface area contributed by atoms with Gasteiger partial charge in [0, 0.05) is 12.1 Å². The second-order valence-corrected chi connectivity index (χ2v) is 9.55. The minimum atomic E-state index is -4.21. The van der Waals surface area contributed by atoms with Gasteiger partial charge in [-0.2, -0.15) is 13.5 Å². The van der Waals surface area contributed by atoms with E-state index in [-0.39, 0.29) is 16.3 Å². The fraction of sp³-hybridized carbons (Fsp3) is 0.0370. The van der Waals surface area contributed by atoms with Gasteiger partial charge >= 0.3 is 10.1 Å². The van der Waals surface area contributed by atoms with Gasteiger partial charge in [0.05, 0.1) is 11.1 Å². The summed E-state index contributed by atoms with van der Waals surface area (Å²) in [6, 6.07) is 27.1. The number of nitro groups is 1. The maximum atomic E-state index is 13.1. The smallest absolute Gasteiger partial charge is 0.339 e. The second kappa shape index (κ2) is 11.0. The van der Waals surface area contributed by atoms with Crippen LogP contribution < -0.4 is 9.61 Å². The van der Waals surface area contributed by atoms with E-state index in [1.165, 1.54) is 30.5 Å². The van der Waals surface area contributed by atoms with Crippen LogP contribution >= 0.6 is 0 Å². The van der Waals surface area contributed by atoms with Gasteiger partial charge in [-0.1, -0.05) is 60.7 Å². The van der Waals surface area contributed by atoms with E-state index in [1.54, 1.807) is 60.7 Å². The highest BCUT2D eigenvalue weighted by atomic mass is 32.2. The lowest BCUT2D eigenvalue weighted by Crippen LogP contribution is -2.43. The van der Waals surface area contributed by atoms with Crippen molar-refractivity contribution in [1.29, 1.82) is 0 Å². The molecule has 0 fully saturated rings. The molecule has 0 bridgehead atoms. The molecule has 10 nitrogen and oxygen atoms in total. The van der Waals surface area contributed by atoms with Crippen LogP contribution in [0.1, 0.15) is 16.7 Å². The number of nitrogens with one attached hydrogen (secondary N) is 1. The molecule has 0 unspecified atom stereocenters. The van der Waals surface area contributed by atoms with E-state index >= 15 is 0 Å². The zero-order valence-electron chi connectivity index (χ0n) is 19.7. The molecule has 0 aliphatic heterocycles. The summed E-state index contributed by atoms with van der Waals surface area (Å²) < 4.78 is 30.0. The van der Waals surface area contributed by atoms with E-state index in [0.29, 0.717) is 16.7 Å². The molecular weight excluding hydrogens is 510 g/mol. The summed E-state index contributed by atoms with van der Waals surface area (Å²) >= 11 is 0. The van der Waals surface area contributed by atoms with Crippen LogP contribution in [0.15, 0.2) is 119 Å². The Hall–Kier alpha value is -4.87. The van der Waals surface area contributed by atoms with Crippen molar-refractivity contribution in [1.82, 2.24) is 5.43 Å². The standard InChI is InChI=1S/C27H21N3O7S/c31-26(27(32,21-7-3-1-4-8-21)22-9-5-2-6-10-22)29-28-19-20-11-15-24(16-12-20)37-38(35,36)25-17-13-23(14-18-25)30(33)34/h1-19,32H,(H,29,31)/b28-19-. The molecule has 0 radical (unpaired) electrons. The topological polar surface area (TPSA) is 148 Å². The van der Waals surface area contributed by atoms with Crippen LogP contribution in [0.25, 0.3) is 0 Å². The third-order valence-electron chi connectivity index (χ3n) is 5.51. The first-order valence-electron chi connectivity index (χ1n) is 11.2. The number of carbonyl (C=O) groups is 1. The average Bonchev–Trinajstić information content (AvgIpc) is 2.94. The highest BCUT2D eigenvalue weighted by Gasteiger charge is 2.39. The summed E-state index contributed by atoms with van der Waals surface area (Å²) in [5.41, 5.74) is 1.38. The SMILES string of the molecule is O=C(N/N=C\c1ccc(OS(=O)(=O)c2ccc([N+](=O)[O-])cc2)cc1)C(O)(c1ccccc1)c1ccccc1. The molecule has 11 heteroatoms. The van der Waals surface area contributed by atoms with Crippen molar-refractivity contribution in [2.45, 2.75) is 10.5 Å². The van der Waals surface area contributed by atoms with Crippen LogP contribution in [-0.4, -0.2) is 30.6 Å². The zero-order valence-corrected chi connectivity index (χ0v) is 20.5. The molecule has 4 aromatic carbocycles. The predicted molar refractivity (Wildman–Crippen MR) is 139 cm³/mol. The Labute approximate surface area is 218 Å². The van der Waals surface area contributed by atoms with Gasteiger partial charge in [-0.25, -0.2) is 5.43 Å².